The Labute approximate surface area is 182 Å². The van der Waals surface area contributed by atoms with E-state index in [1.807, 2.05) is 4.90 Å². The van der Waals surface area contributed by atoms with Gasteiger partial charge in [0.15, 0.2) is 0 Å². The largest absolute Gasteiger partial charge is 0.411 e. The Morgan fingerprint density at radius 2 is 1.83 bits per heavy atom. The number of rotatable bonds is 8. The van der Waals surface area contributed by atoms with Crippen molar-refractivity contribution in [2.45, 2.75) is 49.6 Å². The number of carbonyl (C=O) groups is 1. The normalized spacial score (nSPS) is 15.4. The lowest BCUT2D eigenvalue weighted by atomic mass is 10.2. The van der Waals surface area contributed by atoms with Crippen molar-refractivity contribution >= 4 is 27.7 Å². The van der Waals surface area contributed by atoms with Gasteiger partial charge in [-0.1, -0.05) is 44.5 Å². The smallest absolute Gasteiger partial charge is 0.277 e. The van der Waals surface area contributed by atoms with E-state index in [1.54, 1.807) is 32.0 Å². The quantitative estimate of drug-likeness (QED) is 0.567. The number of nitrogens with zero attached hydrogens (tertiary/aromatic N) is 4. The van der Waals surface area contributed by atoms with Crippen LogP contribution in [-0.4, -0.2) is 65.7 Å². The number of amides is 1. The Morgan fingerprint density at radius 3 is 2.50 bits per heavy atom. The van der Waals surface area contributed by atoms with E-state index in [4.69, 9.17) is 4.42 Å². The van der Waals surface area contributed by atoms with E-state index in [9.17, 15) is 13.2 Å². The predicted molar refractivity (Wildman–Crippen MR) is 116 cm³/mol. The fourth-order valence-electron chi connectivity index (χ4n) is 3.42. The molecule has 0 aliphatic carbocycles. The minimum atomic E-state index is -3.57. The molecule has 0 radical (unpaired) electrons. The Bertz CT molecular complexity index is 949. The lowest BCUT2D eigenvalue weighted by Crippen LogP contribution is -2.33. The molecule has 1 aliphatic heterocycles. The first-order valence-electron chi connectivity index (χ1n) is 10.3. The maximum Gasteiger partial charge on any atom is 0.277 e. The molecule has 1 fully saturated rings. The summed E-state index contributed by atoms with van der Waals surface area (Å²) in [5.41, 5.74) is 0.529. The third kappa shape index (κ3) is 5.41. The van der Waals surface area contributed by atoms with Gasteiger partial charge in [-0.15, -0.1) is 10.2 Å². The van der Waals surface area contributed by atoms with Gasteiger partial charge in [0.2, 0.25) is 21.8 Å². The van der Waals surface area contributed by atoms with Gasteiger partial charge in [-0.3, -0.25) is 4.79 Å². The maximum atomic E-state index is 12.7. The van der Waals surface area contributed by atoms with Gasteiger partial charge in [0, 0.05) is 31.7 Å². The number of hydrogen-bond donors (Lipinski definition) is 0. The van der Waals surface area contributed by atoms with Gasteiger partial charge in [-0.2, -0.15) is 4.31 Å². The lowest BCUT2D eigenvalue weighted by molar-refractivity contribution is -0.128. The summed E-state index contributed by atoms with van der Waals surface area (Å²) >= 11 is 1.21. The Hall–Kier alpha value is -1.91. The van der Waals surface area contributed by atoms with Crippen LogP contribution in [0.3, 0.4) is 0 Å². The van der Waals surface area contributed by atoms with Crippen molar-refractivity contribution in [2.24, 2.45) is 0 Å². The molecule has 1 saturated heterocycles. The zero-order valence-corrected chi connectivity index (χ0v) is 19.0. The molecule has 164 valence electrons. The summed E-state index contributed by atoms with van der Waals surface area (Å²) in [5.74, 6) is 0.558. The fraction of sp³-hybridized carbons (Fsp3) is 0.550. The fourth-order valence-corrected chi connectivity index (χ4v) is 5.59. The number of sulfonamides is 1. The summed E-state index contributed by atoms with van der Waals surface area (Å²) < 4.78 is 32.6. The van der Waals surface area contributed by atoms with Crippen molar-refractivity contribution in [3.8, 4) is 11.5 Å². The third-order valence-electron chi connectivity index (χ3n) is 5.11. The molecule has 0 unspecified atom stereocenters. The number of likely N-dealkylation sites (tertiary alicyclic amines) is 1. The Kier molecular flexibility index (Phi) is 7.90. The molecule has 8 nitrogen and oxygen atoms in total. The molecule has 0 bridgehead atoms. The number of aromatic nitrogens is 2. The van der Waals surface area contributed by atoms with Gasteiger partial charge < -0.3 is 9.32 Å². The molecule has 1 amide bonds. The van der Waals surface area contributed by atoms with Crippen LogP contribution in [-0.2, 0) is 14.8 Å². The van der Waals surface area contributed by atoms with Gasteiger partial charge in [0.05, 0.1) is 10.6 Å². The second-order valence-corrected chi connectivity index (χ2v) is 9.94. The van der Waals surface area contributed by atoms with Crippen molar-refractivity contribution in [1.82, 2.24) is 19.4 Å². The van der Waals surface area contributed by atoms with Crippen LogP contribution in [0.5, 0.6) is 0 Å². The first kappa shape index (κ1) is 22.8. The van der Waals surface area contributed by atoms with Crippen molar-refractivity contribution in [1.29, 1.82) is 0 Å². The van der Waals surface area contributed by atoms with Crippen LogP contribution in [0, 0.1) is 0 Å². The van der Waals surface area contributed by atoms with E-state index in [-0.39, 0.29) is 22.4 Å². The highest BCUT2D eigenvalue weighted by Gasteiger charge is 2.23. The summed E-state index contributed by atoms with van der Waals surface area (Å²) in [6.07, 6.45) is 4.45. The summed E-state index contributed by atoms with van der Waals surface area (Å²) in [4.78, 5) is 14.5. The second kappa shape index (κ2) is 10.4. The molecule has 1 aromatic carbocycles. The van der Waals surface area contributed by atoms with Crippen LogP contribution in [0.2, 0.25) is 0 Å². The van der Waals surface area contributed by atoms with E-state index in [0.717, 1.165) is 25.9 Å². The molecule has 2 aromatic rings. The summed E-state index contributed by atoms with van der Waals surface area (Å²) in [5, 5.41) is 8.33. The number of carbonyl (C=O) groups excluding carboxylic acids is 1. The van der Waals surface area contributed by atoms with Crippen LogP contribution in [0.25, 0.3) is 11.5 Å². The zero-order chi connectivity index (χ0) is 21.6. The van der Waals surface area contributed by atoms with Gasteiger partial charge in [-0.05, 0) is 31.0 Å². The Morgan fingerprint density at radius 1 is 1.13 bits per heavy atom. The molecule has 1 aromatic heterocycles. The summed E-state index contributed by atoms with van der Waals surface area (Å²) in [7, 11) is -3.57. The first-order valence-corrected chi connectivity index (χ1v) is 12.7. The average molecular weight is 453 g/mol. The minimum Gasteiger partial charge on any atom is -0.411 e. The SMILES string of the molecule is CCN(CC)S(=O)(=O)c1cccc(-c2nnc(SCC(=O)N3CCCCCC3)o2)c1. The highest BCUT2D eigenvalue weighted by molar-refractivity contribution is 7.99. The van der Waals surface area contributed by atoms with Gasteiger partial charge in [0.25, 0.3) is 5.22 Å². The molecule has 0 N–H and O–H groups in total. The van der Waals surface area contributed by atoms with Crippen LogP contribution in [0.4, 0.5) is 0 Å². The average Bonchev–Trinajstić information content (AvgIpc) is 3.06. The molecule has 30 heavy (non-hydrogen) atoms. The molecule has 2 heterocycles. The number of thioether (sulfide) groups is 1. The molecule has 3 rings (SSSR count). The number of hydrogen-bond acceptors (Lipinski definition) is 7. The highest BCUT2D eigenvalue weighted by atomic mass is 32.2. The van der Waals surface area contributed by atoms with E-state index in [0.29, 0.717) is 23.9 Å². The Balaban J connectivity index is 1.68. The zero-order valence-electron chi connectivity index (χ0n) is 17.4. The van der Waals surface area contributed by atoms with Gasteiger partial charge in [-0.25, -0.2) is 8.42 Å². The van der Waals surface area contributed by atoms with Crippen molar-refractivity contribution in [2.75, 3.05) is 31.9 Å². The summed E-state index contributed by atoms with van der Waals surface area (Å²) in [6, 6.07) is 6.48. The monoisotopic (exact) mass is 452 g/mol. The molecule has 0 atom stereocenters. The van der Waals surface area contributed by atoms with Crippen molar-refractivity contribution < 1.29 is 17.6 Å². The first-order chi connectivity index (χ1) is 14.5. The minimum absolute atomic E-state index is 0.0777. The molecule has 0 spiro atoms. The highest BCUT2D eigenvalue weighted by Crippen LogP contribution is 2.26. The van der Waals surface area contributed by atoms with E-state index in [1.165, 1.54) is 35.0 Å². The molecule has 10 heteroatoms. The predicted octanol–water partition coefficient (Wildman–Crippen LogP) is 3.26. The third-order valence-corrected chi connectivity index (χ3v) is 7.96. The number of benzene rings is 1. The van der Waals surface area contributed by atoms with Crippen LogP contribution >= 0.6 is 11.8 Å². The van der Waals surface area contributed by atoms with E-state index >= 15 is 0 Å². The topological polar surface area (TPSA) is 96.6 Å². The van der Waals surface area contributed by atoms with Gasteiger partial charge in [0.1, 0.15) is 0 Å². The lowest BCUT2D eigenvalue weighted by Gasteiger charge is -2.19. The van der Waals surface area contributed by atoms with Crippen LogP contribution in [0.1, 0.15) is 39.5 Å². The van der Waals surface area contributed by atoms with Crippen molar-refractivity contribution in [3.05, 3.63) is 24.3 Å². The molecular weight excluding hydrogens is 424 g/mol. The van der Waals surface area contributed by atoms with Crippen LogP contribution < -0.4 is 0 Å². The van der Waals surface area contributed by atoms with Gasteiger partial charge >= 0.3 is 0 Å². The van der Waals surface area contributed by atoms with E-state index in [2.05, 4.69) is 10.2 Å². The van der Waals surface area contributed by atoms with Crippen molar-refractivity contribution in [3.63, 3.8) is 0 Å². The van der Waals surface area contributed by atoms with Crippen LogP contribution in [0.15, 0.2) is 38.8 Å². The molecule has 1 aliphatic rings. The van der Waals surface area contributed by atoms with E-state index < -0.39 is 10.0 Å². The molecule has 0 saturated carbocycles. The second-order valence-electron chi connectivity index (χ2n) is 7.07. The molecular formula is C20H28N4O4S2. The summed E-state index contributed by atoms with van der Waals surface area (Å²) in [6.45, 7) is 6.02. The standard InChI is InChI=1S/C20H28N4O4S2/c1-3-24(4-2)30(26,27)17-11-9-10-16(14-17)19-21-22-20(28-19)29-15-18(25)23-12-7-5-6-8-13-23/h9-11,14H,3-8,12-13,15H2,1-2H3. The maximum absolute atomic E-state index is 12.7.